The zero-order valence-electron chi connectivity index (χ0n) is 21.5. The molecule has 0 aromatic heterocycles. The van der Waals surface area contributed by atoms with E-state index in [4.69, 9.17) is 21.1 Å². The van der Waals surface area contributed by atoms with Gasteiger partial charge in [-0.1, -0.05) is 44.5 Å². The summed E-state index contributed by atoms with van der Waals surface area (Å²) in [6.45, 7) is 8.44. The molecule has 0 bridgehead atoms. The Morgan fingerprint density at radius 1 is 1.03 bits per heavy atom. The third-order valence-electron chi connectivity index (χ3n) is 6.31. The van der Waals surface area contributed by atoms with Crippen molar-refractivity contribution in [2.45, 2.75) is 39.2 Å². The van der Waals surface area contributed by atoms with Gasteiger partial charge in [0.2, 0.25) is 0 Å². The third-order valence-corrected chi connectivity index (χ3v) is 6.57. The number of benzene rings is 3. The normalized spacial score (nSPS) is 17.2. The minimum atomic E-state index is -0.873. The average Bonchev–Trinajstić information content (AvgIpc) is 3.14. The lowest BCUT2D eigenvalue weighted by atomic mass is 9.84. The van der Waals surface area contributed by atoms with E-state index in [9.17, 15) is 14.7 Å². The average molecular weight is 520 g/mol. The first-order valence-electron chi connectivity index (χ1n) is 12.0. The van der Waals surface area contributed by atoms with Gasteiger partial charge in [-0.25, -0.2) is 0 Å². The quantitative estimate of drug-likeness (QED) is 0.223. The summed E-state index contributed by atoms with van der Waals surface area (Å²) in [5.74, 6) is -0.491. The Hall–Kier alpha value is -3.77. The molecule has 0 aliphatic carbocycles. The molecule has 1 fully saturated rings. The summed E-state index contributed by atoms with van der Waals surface area (Å²) in [7, 11) is 1.59. The molecule has 3 aromatic carbocycles. The van der Waals surface area contributed by atoms with Crippen LogP contribution in [0, 0.1) is 0 Å². The van der Waals surface area contributed by atoms with E-state index in [1.54, 1.807) is 67.8 Å². The predicted octanol–water partition coefficient (Wildman–Crippen LogP) is 6.67. The van der Waals surface area contributed by atoms with E-state index in [1.165, 1.54) is 4.90 Å². The van der Waals surface area contributed by atoms with Gasteiger partial charge in [0.05, 0.1) is 25.3 Å². The second kappa shape index (κ2) is 10.3. The minimum absolute atomic E-state index is 0.00127. The van der Waals surface area contributed by atoms with Crippen LogP contribution in [0.2, 0.25) is 5.02 Å². The number of hydrogen-bond acceptors (Lipinski definition) is 5. The molecule has 0 radical (unpaired) electrons. The van der Waals surface area contributed by atoms with Crippen molar-refractivity contribution >= 4 is 34.7 Å². The van der Waals surface area contributed by atoms with Gasteiger partial charge in [0.25, 0.3) is 11.7 Å². The van der Waals surface area contributed by atoms with E-state index in [0.717, 1.165) is 5.56 Å². The molecule has 3 aromatic rings. The number of hydrogen-bond donors (Lipinski definition) is 1. The zero-order valence-corrected chi connectivity index (χ0v) is 22.3. The molecule has 1 saturated heterocycles. The first-order valence-corrected chi connectivity index (χ1v) is 12.4. The van der Waals surface area contributed by atoms with Crippen molar-refractivity contribution < 1.29 is 24.2 Å². The Kier molecular flexibility index (Phi) is 7.32. The smallest absolute Gasteiger partial charge is 0.300 e. The minimum Gasteiger partial charge on any atom is -0.507 e. The highest BCUT2D eigenvalue weighted by Gasteiger charge is 2.47. The standard InChI is InChI=1S/C30H30ClNO5/c1-6-37-22-9-7-8-18(16-22)26-25(28(34)29(35)32(26)21-13-11-20(31)12-14-21)27(33)19-10-15-24(36-5)23(17-19)30(2,3)4/h7-17,26,33H,6H2,1-5H3/b27-25+. The van der Waals surface area contributed by atoms with Gasteiger partial charge in [0.15, 0.2) is 0 Å². The van der Waals surface area contributed by atoms with E-state index >= 15 is 0 Å². The Balaban J connectivity index is 1.96. The largest absolute Gasteiger partial charge is 0.507 e. The maximum absolute atomic E-state index is 13.5. The van der Waals surface area contributed by atoms with Crippen molar-refractivity contribution in [3.63, 3.8) is 0 Å². The number of aliphatic hydroxyl groups is 1. The summed E-state index contributed by atoms with van der Waals surface area (Å²) in [4.78, 5) is 28.3. The van der Waals surface area contributed by atoms with Gasteiger partial charge in [0.1, 0.15) is 17.3 Å². The number of carbonyl (C=O) groups is 2. The number of nitrogens with zero attached hydrogens (tertiary/aromatic N) is 1. The van der Waals surface area contributed by atoms with Gasteiger partial charge in [-0.2, -0.15) is 0 Å². The second-order valence-corrected chi connectivity index (χ2v) is 10.3. The second-order valence-electron chi connectivity index (χ2n) is 9.82. The van der Waals surface area contributed by atoms with Gasteiger partial charge < -0.3 is 14.6 Å². The molecule has 1 N–H and O–H groups in total. The molecular formula is C30H30ClNO5. The van der Waals surface area contributed by atoms with Crippen molar-refractivity contribution in [1.82, 2.24) is 0 Å². The first kappa shape index (κ1) is 26.3. The van der Waals surface area contributed by atoms with Crippen LogP contribution in [0.4, 0.5) is 5.69 Å². The fraction of sp³-hybridized carbons (Fsp3) is 0.267. The Morgan fingerprint density at radius 3 is 2.35 bits per heavy atom. The molecule has 1 amide bonds. The molecule has 7 heteroatoms. The van der Waals surface area contributed by atoms with Crippen molar-refractivity contribution in [2.75, 3.05) is 18.6 Å². The lowest BCUT2D eigenvalue weighted by Crippen LogP contribution is -2.29. The van der Waals surface area contributed by atoms with Crippen LogP contribution in [-0.2, 0) is 15.0 Å². The number of ether oxygens (including phenoxy) is 2. The monoisotopic (exact) mass is 519 g/mol. The summed E-state index contributed by atoms with van der Waals surface area (Å²) >= 11 is 6.08. The fourth-order valence-corrected chi connectivity index (χ4v) is 4.68. The Morgan fingerprint density at radius 2 is 1.73 bits per heavy atom. The van der Waals surface area contributed by atoms with Gasteiger partial charge in [0, 0.05) is 21.8 Å². The van der Waals surface area contributed by atoms with Crippen LogP contribution in [0.25, 0.3) is 5.76 Å². The summed E-state index contributed by atoms with van der Waals surface area (Å²) in [6, 6.07) is 18.2. The molecule has 4 rings (SSSR count). The zero-order chi connectivity index (χ0) is 26.9. The van der Waals surface area contributed by atoms with E-state index < -0.39 is 17.7 Å². The lowest BCUT2D eigenvalue weighted by molar-refractivity contribution is -0.132. The first-order chi connectivity index (χ1) is 17.6. The molecule has 1 aliphatic rings. The third kappa shape index (κ3) is 5.07. The number of amides is 1. The Labute approximate surface area is 222 Å². The number of carbonyl (C=O) groups excluding carboxylic acids is 2. The molecule has 1 aliphatic heterocycles. The highest BCUT2D eigenvalue weighted by Crippen LogP contribution is 2.44. The summed E-state index contributed by atoms with van der Waals surface area (Å²) < 4.78 is 11.2. The summed E-state index contributed by atoms with van der Waals surface area (Å²) in [5.41, 5.74) is 2.11. The number of ketones is 1. The van der Waals surface area contributed by atoms with Gasteiger partial charge in [-0.15, -0.1) is 0 Å². The van der Waals surface area contributed by atoms with Gasteiger partial charge >= 0.3 is 0 Å². The van der Waals surface area contributed by atoms with E-state index in [-0.39, 0.29) is 16.7 Å². The number of halogens is 1. The van der Waals surface area contributed by atoms with Crippen LogP contribution in [0.3, 0.4) is 0 Å². The fourth-order valence-electron chi connectivity index (χ4n) is 4.55. The summed E-state index contributed by atoms with van der Waals surface area (Å²) in [5, 5.41) is 12.1. The molecule has 0 spiro atoms. The number of aliphatic hydroxyl groups excluding tert-OH is 1. The maximum atomic E-state index is 13.5. The van der Waals surface area contributed by atoms with Crippen molar-refractivity contribution in [1.29, 1.82) is 0 Å². The highest BCUT2D eigenvalue weighted by molar-refractivity contribution is 6.51. The van der Waals surface area contributed by atoms with Crippen LogP contribution in [-0.4, -0.2) is 30.5 Å². The number of rotatable bonds is 6. The predicted molar refractivity (Wildman–Crippen MR) is 146 cm³/mol. The van der Waals surface area contributed by atoms with Gasteiger partial charge in [-0.05, 0) is 72.5 Å². The maximum Gasteiger partial charge on any atom is 0.300 e. The molecule has 1 heterocycles. The number of anilines is 1. The molecule has 192 valence electrons. The van der Waals surface area contributed by atoms with Gasteiger partial charge in [-0.3, -0.25) is 14.5 Å². The van der Waals surface area contributed by atoms with Crippen molar-refractivity contribution in [3.8, 4) is 11.5 Å². The van der Waals surface area contributed by atoms with E-state index in [2.05, 4.69) is 0 Å². The molecule has 1 atom stereocenters. The molecular weight excluding hydrogens is 490 g/mol. The molecule has 37 heavy (non-hydrogen) atoms. The molecule has 6 nitrogen and oxygen atoms in total. The van der Waals surface area contributed by atoms with Crippen molar-refractivity contribution in [3.05, 3.63) is 94.0 Å². The van der Waals surface area contributed by atoms with Crippen LogP contribution >= 0.6 is 11.6 Å². The molecule has 0 saturated carbocycles. The topological polar surface area (TPSA) is 76.1 Å². The van der Waals surface area contributed by atoms with Crippen LogP contribution in [0.1, 0.15) is 50.4 Å². The van der Waals surface area contributed by atoms with Crippen LogP contribution < -0.4 is 14.4 Å². The van der Waals surface area contributed by atoms with Crippen molar-refractivity contribution in [2.24, 2.45) is 0 Å². The van der Waals surface area contributed by atoms with Crippen LogP contribution in [0.5, 0.6) is 11.5 Å². The SMILES string of the molecule is CCOc1cccc(C2/C(=C(\O)c3ccc(OC)c(C(C)(C)C)c3)C(=O)C(=O)N2c2ccc(Cl)cc2)c1. The number of methoxy groups -OCH3 is 1. The van der Waals surface area contributed by atoms with E-state index in [1.807, 2.05) is 33.8 Å². The summed E-state index contributed by atoms with van der Waals surface area (Å²) in [6.07, 6.45) is 0. The highest BCUT2D eigenvalue weighted by atomic mass is 35.5. The lowest BCUT2D eigenvalue weighted by Gasteiger charge is -2.26. The van der Waals surface area contributed by atoms with E-state index in [0.29, 0.717) is 39.9 Å². The number of Topliss-reactive ketones (excluding diaryl/α,β-unsaturated/α-hetero) is 1. The molecule has 1 unspecified atom stereocenters. The Bertz CT molecular complexity index is 1370. The van der Waals surface area contributed by atoms with Crippen LogP contribution in [0.15, 0.2) is 72.3 Å².